The van der Waals surface area contributed by atoms with E-state index in [9.17, 15) is 9.59 Å². The van der Waals surface area contributed by atoms with Crippen molar-refractivity contribution < 1.29 is 9.69 Å². The zero-order chi connectivity index (χ0) is 17.5. The first-order chi connectivity index (χ1) is 11.6. The van der Waals surface area contributed by atoms with E-state index in [1.54, 1.807) is 10.6 Å². The monoisotopic (exact) mass is 349 g/mol. The lowest BCUT2D eigenvalue weighted by Crippen LogP contribution is -3.11. The first-order valence-electron chi connectivity index (χ1n) is 8.31. The van der Waals surface area contributed by atoms with Crippen LogP contribution < -0.4 is 16.2 Å². The summed E-state index contributed by atoms with van der Waals surface area (Å²) in [5.41, 5.74) is 5.84. The Morgan fingerprint density at radius 3 is 2.67 bits per heavy atom. The fourth-order valence-corrected chi connectivity index (χ4v) is 3.45. The highest BCUT2D eigenvalue weighted by molar-refractivity contribution is 7.99. The second-order valence-electron chi connectivity index (χ2n) is 5.68. The van der Waals surface area contributed by atoms with Crippen LogP contribution in [0.4, 0.5) is 0 Å². The van der Waals surface area contributed by atoms with E-state index < -0.39 is 5.91 Å². The highest BCUT2D eigenvalue weighted by atomic mass is 32.2. The number of nitrogens with two attached hydrogens (primary N) is 1. The van der Waals surface area contributed by atoms with E-state index in [-0.39, 0.29) is 11.3 Å². The number of fused-ring (bicyclic) bond motifs is 1. The van der Waals surface area contributed by atoms with Gasteiger partial charge in [-0.1, -0.05) is 23.9 Å². The van der Waals surface area contributed by atoms with Crippen molar-refractivity contribution >= 4 is 28.6 Å². The molecule has 6 nitrogen and oxygen atoms in total. The average molecular weight is 349 g/mol. The summed E-state index contributed by atoms with van der Waals surface area (Å²) in [4.78, 5) is 30.0. The van der Waals surface area contributed by atoms with Crippen LogP contribution in [0.1, 0.15) is 20.3 Å². The Kier molecular flexibility index (Phi) is 6.81. The van der Waals surface area contributed by atoms with E-state index in [4.69, 9.17) is 5.73 Å². The smallest absolute Gasteiger partial charge is 0.262 e. The number of primary amides is 1. The van der Waals surface area contributed by atoms with Crippen LogP contribution in [0.2, 0.25) is 0 Å². The lowest BCUT2D eigenvalue weighted by molar-refractivity contribution is -0.896. The Hall–Kier alpha value is -1.86. The van der Waals surface area contributed by atoms with Gasteiger partial charge in [-0.05, 0) is 26.0 Å². The molecule has 0 aliphatic carbocycles. The van der Waals surface area contributed by atoms with Crippen molar-refractivity contribution in [3.05, 3.63) is 34.6 Å². The summed E-state index contributed by atoms with van der Waals surface area (Å²) in [7, 11) is 0. The number of para-hydroxylation sites is 1. The quantitative estimate of drug-likeness (QED) is 0.503. The van der Waals surface area contributed by atoms with Gasteiger partial charge in [-0.2, -0.15) is 0 Å². The zero-order valence-corrected chi connectivity index (χ0v) is 15.1. The third-order valence-electron chi connectivity index (χ3n) is 4.08. The van der Waals surface area contributed by atoms with Crippen LogP contribution >= 0.6 is 11.8 Å². The molecule has 0 radical (unpaired) electrons. The van der Waals surface area contributed by atoms with Gasteiger partial charge in [0.05, 0.1) is 36.3 Å². The van der Waals surface area contributed by atoms with Crippen molar-refractivity contribution in [3.63, 3.8) is 0 Å². The van der Waals surface area contributed by atoms with Crippen molar-refractivity contribution in [2.24, 2.45) is 5.73 Å². The number of benzene rings is 1. The summed E-state index contributed by atoms with van der Waals surface area (Å²) in [5.74, 6) is -0.298. The van der Waals surface area contributed by atoms with Gasteiger partial charge in [-0.3, -0.25) is 14.2 Å². The van der Waals surface area contributed by atoms with Crippen molar-refractivity contribution in [2.45, 2.75) is 32.0 Å². The summed E-state index contributed by atoms with van der Waals surface area (Å²) in [6, 6.07) is 7.30. The van der Waals surface area contributed by atoms with E-state index in [0.29, 0.717) is 22.6 Å². The summed E-state index contributed by atoms with van der Waals surface area (Å²) >= 11 is 1.23. The van der Waals surface area contributed by atoms with E-state index >= 15 is 0 Å². The third-order valence-corrected chi connectivity index (χ3v) is 5.08. The van der Waals surface area contributed by atoms with Gasteiger partial charge in [0.2, 0.25) is 5.91 Å². The van der Waals surface area contributed by atoms with Gasteiger partial charge >= 0.3 is 0 Å². The molecule has 1 amide bonds. The molecule has 2 aromatic rings. The van der Waals surface area contributed by atoms with Crippen LogP contribution in [-0.4, -0.2) is 40.8 Å². The fourth-order valence-electron chi connectivity index (χ4n) is 2.68. The molecule has 0 saturated heterocycles. The van der Waals surface area contributed by atoms with E-state index in [1.165, 1.54) is 16.7 Å². The molecule has 0 bridgehead atoms. The van der Waals surface area contributed by atoms with Crippen LogP contribution in [-0.2, 0) is 11.3 Å². The maximum absolute atomic E-state index is 12.8. The van der Waals surface area contributed by atoms with Crippen molar-refractivity contribution in [3.8, 4) is 0 Å². The van der Waals surface area contributed by atoms with E-state index in [0.717, 1.165) is 26.1 Å². The van der Waals surface area contributed by atoms with Crippen LogP contribution in [0.3, 0.4) is 0 Å². The van der Waals surface area contributed by atoms with Crippen LogP contribution in [0.25, 0.3) is 10.9 Å². The minimum Gasteiger partial charge on any atom is -0.369 e. The number of nitrogens with zero attached hydrogens (tertiary/aromatic N) is 2. The highest BCUT2D eigenvalue weighted by Crippen LogP contribution is 2.17. The number of aromatic nitrogens is 2. The molecule has 1 heterocycles. The molecule has 1 aromatic carbocycles. The maximum atomic E-state index is 12.8. The second-order valence-corrected chi connectivity index (χ2v) is 6.63. The largest absolute Gasteiger partial charge is 0.369 e. The second kappa shape index (κ2) is 8.84. The number of carbonyl (C=O) groups is 1. The van der Waals surface area contributed by atoms with Gasteiger partial charge in [0.15, 0.2) is 5.16 Å². The number of thioether (sulfide) groups is 1. The molecule has 2 rings (SSSR count). The topological polar surface area (TPSA) is 82.4 Å². The summed E-state index contributed by atoms with van der Waals surface area (Å²) in [6.07, 6.45) is 0.890. The van der Waals surface area contributed by atoms with Gasteiger partial charge in [0, 0.05) is 13.0 Å². The van der Waals surface area contributed by atoms with Crippen molar-refractivity contribution in [2.75, 3.05) is 25.4 Å². The molecule has 130 valence electrons. The number of rotatable bonds is 9. The summed E-state index contributed by atoms with van der Waals surface area (Å²) in [6.45, 7) is 8.08. The van der Waals surface area contributed by atoms with E-state index in [1.807, 2.05) is 18.2 Å². The maximum Gasteiger partial charge on any atom is 0.262 e. The number of hydrogen-bond acceptors (Lipinski definition) is 4. The molecule has 0 saturated carbocycles. The number of quaternary nitrogens is 1. The number of amides is 1. The van der Waals surface area contributed by atoms with Crippen LogP contribution in [0.15, 0.2) is 34.2 Å². The average Bonchev–Trinajstić information content (AvgIpc) is 2.58. The molecule has 0 atom stereocenters. The van der Waals surface area contributed by atoms with Gasteiger partial charge in [0.1, 0.15) is 0 Å². The molecule has 7 heteroatoms. The lowest BCUT2D eigenvalue weighted by atomic mass is 10.2. The molecule has 0 spiro atoms. The SMILES string of the molecule is CC[NH+](CC)CCCn1c(SCC(N)=O)nc2ccccc2c1=O. The minimum absolute atomic E-state index is 0.0536. The summed E-state index contributed by atoms with van der Waals surface area (Å²) in [5, 5.41) is 1.17. The Morgan fingerprint density at radius 1 is 1.29 bits per heavy atom. The van der Waals surface area contributed by atoms with Crippen LogP contribution in [0, 0.1) is 0 Å². The lowest BCUT2D eigenvalue weighted by Gasteiger charge is -2.17. The van der Waals surface area contributed by atoms with Gasteiger partial charge in [-0.15, -0.1) is 0 Å². The molecule has 0 aliphatic heterocycles. The molecular formula is C17H25N4O2S+. The van der Waals surface area contributed by atoms with Gasteiger partial charge in [0.25, 0.3) is 5.56 Å². The normalized spacial score (nSPS) is 11.3. The molecule has 3 N–H and O–H groups in total. The number of nitrogens with one attached hydrogen (secondary N) is 1. The zero-order valence-electron chi connectivity index (χ0n) is 14.2. The first-order valence-corrected chi connectivity index (χ1v) is 9.29. The third kappa shape index (κ3) is 4.58. The van der Waals surface area contributed by atoms with Gasteiger partial charge in [-0.25, -0.2) is 4.98 Å². The summed E-state index contributed by atoms with van der Waals surface area (Å²) < 4.78 is 1.68. The Labute approximate surface area is 146 Å². The fraction of sp³-hybridized carbons (Fsp3) is 0.471. The number of carbonyl (C=O) groups excluding carboxylic acids is 1. The van der Waals surface area contributed by atoms with Crippen LogP contribution in [0.5, 0.6) is 0 Å². The molecule has 0 unspecified atom stereocenters. The van der Waals surface area contributed by atoms with Crippen molar-refractivity contribution in [1.29, 1.82) is 0 Å². The molecule has 24 heavy (non-hydrogen) atoms. The predicted molar refractivity (Wildman–Crippen MR) is 97.5 cm³/mol. The standard InChI is InChI=1S/C17H24N4O2S/c1-3-20(4-2)10-7-11-21-16(23)13-8-5-6-9-14(13)19-17(21)24-12-15(18)22/h5-6,8-9H,3-4,7,10-12H2,1-2H3,(H2,18,22)/p+1. The van der Waals surface area contributed by atoms with E-state index in [2.05, 4.69) is 18.8 Å². The highest BCUT2D eigenvalue weighted by Gasteiger charge is 2.13. The Balaban J connectivity index is 2.29. The Morgan fingerprint density at radius 2 is 2.00 bits per heavy atom. The molecule has 1 aromatic heterocycles. The molecule has 0 fully saturated rings. The van der Waals surface area contributed by atoms with Gasteiger partial charge < -0.3 is 10.6 Å². The number of hydrogen-bond donors (Lipinski definition) is 2. The molecule has 0 aliphatic rings. The minimum atomic E-state index is -0.415. The molecular weight excluding hydrogens is 324 g/mol. The first kappa shape index (κ1) is 18.5. The van der Waals surface area contributed by atoms with Crippen molar-refractivity contribution in [1.82, 2.24) is 9.55 Å². The predicted octanol–water partition coefficient (Wildman–Crippen LogP) is 0.289. The Bertz CT molecular complexity index is 756.